The lowest BCUT2D eigenvalue weighted by Gasteiger charge is -2.04. The summed E-state index contributed by atoms with van der Waals surface area (Å²) in [5.41, 5.74) is 2.32. The van der Waals surface area contributed by atoms with Gasteiger partial charge in [-0.1, -0.05) is 32.0 Å². The average molecular weight is 218 g/mol. The van der Waals surface area contributed by atoms with Crippen molar-refractivity contribution in [1.82, 2.24) is 0 Å². The van der Waals surface area contributed by atoms with Gasteiger partial charge in [0.1, 0.15) is 11.1 Å². The van der Waals surface area contributed by atoms with Gasteiger partial charge in [0.15, 0.2) is 6.29 Å². The van der Waals surface area contributed by atoms with Crippen LogP contribution in [-0.2, 0) is 0 Å². The number of benzene rings is 1. The first kappa shape index (κ1) is 10.7. The van der Waals surface area contributed by atoms with Gasteiger partial charge in [0.25, 0.3) is 5.95 Å². The number of aldehydes is 1. The van der Waals surface area contributed by atoms with Gasteiger partial charge in [0.05, 0.1) is 7.11 Å². The molecule has 0 spiro atoms. The molecule has 0 unspecified atom stereocenters. The molecule has 3 nitrogen and oxygen atoms in total. The number of methoxy groups -OCH3 is 1. The summed E-state index contributed by atoms with van der Waals surface area (Å²) in [6.07, 6.45) is 0.773. The minimum absolute atomic E-state index is 0.290. The molecule has 0 aliphatic rings. The predicted octanol–water partition coefficient (Wildman–Crippen LogP) is 3.38. The Balaban J connectivity index is 2.80. The monoisotopic (exact) mass is 218 g/mol. The maximum atomic E-state index is 11.0. The number of carbonyl (C=O) groups excluding carboxylic acids is 1. The lowest BCUT2D eigenvalue weighted by Crippen LogP contribution is -1.87. The van der Waals surface area contributed by atoms with Crippen LogP contribution in [0, 0.1) is 0 Å². The predicted molar refractivity (Wildman–Crippen MR) is 62.2 cm³/mol. The second-order valence-corrected chi connectivity index (χ2v) is 4.00. The number of fused-ring (bicyclic) bond motifs is 1. The van der Waals surface area contributed by atoms with Crippen LogP contribution in [0.25, 0.3) is 11.0 Å². The standard InChI is InChI=1S/C13H14O3/c1-8(2)9-5-4-6-10-11(7-14)13(15-3)16-12(9)10/h4-8H,1-3H3. The van der Waals surface area contributed by atoms with E-state index in [1.54, 1.807) is 0 Å². The molecule has 2 rings (SSSR count). The van der Waals surface area contributed by atoms with Crippen molar-refractivity contribution in [3.63, 3.8) is 0 Å². The van der Waals surface area contributed by atoms with E-state index in [4.69, 9.17) is 9.15 Å². The SMILES string of the molecule is COc1oc2c(C(C)C)cccc2c1C=O. The van der Waals surface area contributed by atoms with E-state index in [2.05, 4.69) is 13.8 Å². The molecular formula is C13H14O3. The minimum atomic E-state index is 0.290. The number of hydrogen-bond acceptors (Lipinski definition) is 3. The zero-order chi connectivity index (χ0) is 11.7. The lowest BCUT2D eigenvalue weighted by molar-refractivity contribution is 0.111. The summed E-state index contributed by atoms with van der Waals surface area (Å²) in [5.74, 6) is 0.636. The lowest BCUT2D eigenvalue weighted by atomic mass is 10.0. The quantitative estimate of drug-likeness (QED) is 0.741. The molecule has 0 N–H and O–H groups in total. The normalized spacial score (nSPS) is 11.0. The van der Waals surface area contributed by atoms with Crippen LogP contribution in [0.1, 0.15) is 35.7 Å². The molecule has 0 saturated carbocycles. The van der Waals surface area contributed by atoms with Crippen LogP contribution in [-0.4, -0.2) is 13.4 Å². The Kier molecular flexibility index (Phi) is 2.69. The third-order valence-corrected chi connectivity index (χ3v) is 2.68. The van der Waals surface area contributed by atoms with E-state index in [-0.39, 0.29) is 5.95 Å². The Labute approximate surface area is 94.0 Å². The molecule has 1 heterocycles. The first-order valence-electron chi connectivity index (χ1n) is 5.23. The van der Waals surface area contributed by atoms with Crippen LogP contribution in [0.5, 0.6) is 5.95 Å². The molecule has 84 valence electrons. The van der Waals surface area contributed by atoms with Crippen molar-refractivity contribution >= 4 is 17.3 Å². The summed E-state index contributed by atoms with van der Waals surface area (Å²) >= 11 is 0. The van der Waals surface area contributed by atoms with Gasteiger partial charge in [0, 0.05) is 5.39 Å². The molecule has 16 heavy (non-hydrogen) atoms. The molecule has 0 amide bonds. The molecule has 0 fully saturated rings. The number of carbonyl (C=O) groups is 1. The van der Waals surface area contributed by atoms with Gasteiger partial charge in [-0.2, -0.15) is 0 Å². The summed E-state index contributed by atoms with van der Waals surface area (Å²) in [5, 5.41) is 0.818. The first-order chi connectivity index (χ1) is 7.69. The summed E-state index contributed by atoms with van der Waals surface area (Å²) in [6.45, 7) is 4.18. The Morgan fingerprint density at radius 1 is 1.38 bits per heavy atom. The maximum Gasteiger partial charge on any atom is 0.296 e. The minimum Gasteiger partial charge on any atom is -0.468 e. The molecule has 0 saturated heterocycles. The zero-order valence-corrected chi connectivity index (χ0v) is 9.61. The highest BCUT2D eigenvalue weighted by Gasteiger charge is 2.17. The fraction of sp³-hybridized carbons (Fsp3) is 0.308. The van der Waals surface area contributed by atoms with E-state index < -0.39 is 0 Å². The topological polar surface area (TPSA) is 39.4 Å². The molecule has 1 aromatic heterocycles. The van der Waals surface area contributed by atoms with Gasteiger partial charge in [-0.3, -0.25) is 4.79 Å². The second-order valence-electron chi connectivity index (χ2n) is 4.00. The number of furan rings is 1. The van der Waals surface area contributed by atoms with Crippen LogP contribution in [0.2, 0.25) is 0 Å². The van der Waals surface area contributed by atoms with E-state index in [1.807, 2.05) is 18.2 Å². The Bertz CT molecular complexity index is 523. The largest absolute Gasteiger partial charge is 0.468 e. The number of ether oxygens (including phenoxy) is 1. The highest BCUT2D eigenvalue weighted by Crippen LogP contribution is 2.34. The molecule has 0 bridgehead atoms. The van der Waals surface area contributed by atoms with Crippen molar-refractivity contribution in [2.45, 2.75) is 19.8 Å². The average Bonchev–Trinajstić information content (AvgIpc) is 2.65. The van der Waals surface area contributed by atoms with Crippen molar-refractivity contribution in [3.8, 4) is 5.95 Å². The molecular weight excluding hydrogens is 204 g/mol. The molecule has 0 atom stereocenters. The van der Waals surface area contributed by atoms with Crippen molar-refractivity contribution in [2.75, 3.05) is 7.11 Å². The smallest absolute Gasteiger partial charge is 0.296 e. The van der Waals surface area contributed by atoms with Crippen molar-refractivity contribution in [1.29, 1.82) is 0 Å². The number of rotatable bonds is 3. The molecule has 0 radical (unpaired) electrons. The van der Waals surface area contributed by atoms with Gasteiger partial charge < -0.3 is 9.15 Å². The van der Waals surface area contributed by atoms with Crippen LogP contribution in [0.15, 0.2) is 22.6 Å². The fourth-order valence-corrected chi connectivity index (χ4v) is 1.86. The third-order valence-electron chi connectivity index (χ3n) is 2.68. The molecule has 1 aromatic carbocycles. The van der Waals surface area contributed by atoms with Gasteiger partial charge in [0.2, 0.25) is 0 Å². The van der Waals surface area contributed by atoms with E-state index >= 15 is 0 Å². The fourth-order valence-electron chi connectivity index (χ4n) is 1.86. The van der Waals surface area contributed by atoms with Gasteiger partial charge in [-0.15, -0.1) is 0 Å². The Hall–Kier alpha value is -1.77. The van der Waals surface area contributed by atoms with E-state index in [0.29, 0.717) is 11.5 Å². The summed E-state index contributed by atoms with van der Waals surface area (Å²) in [7, 11) is 1.50. The van der Waals surface area contributed by atoms with Crippen LogP contribution < -0.4 is 4.74 Å². The Morgan fingerprint density at radius 3 is 2.69 bits per heavy atom. The molecule has 3 heteroatoms. The summed E-state index contributed by atoms with van der Waals surface area (Å²) < 4.78 is 10.6. The molecule has 2 aromatic rings. The Morgan fingerprint density at radius 2 is 2.12 bits per heavy atom. The van der Waals surface area contributed by atoms with E-state index in [0.717, 1.165) is 22.8 Å². The zero-order valence-electron chi connectivity index (χ0n) is 9.61. The second kappa shape index (κ2) is 4.00. The van der Waals surface area contributed by atoms with Gasteiger partial charge in [-0.25, -0.2) is 0 Å². The van der Waals surface area contributed by atoms with Crippen molar-refractivity contribution < 1.29 is 13.9 Å². The van der Waals surface area contributed by atoms with Gasteiger partial charge in [-0.05, 0) is 11.5 Å². The summed E-state index contributed by atoms with van der Waals surface area (Å²) in [6, 6.07) is 5.81. The van der Waals surface area contributed by atoms with Gasteiger partial charge >= 0.3 is 0 Å². The first-order valence-corrected chi connectivity index (χ1v) is 5.23. The highest BCUT2D eigenvalue weighted by atomic mass is 16.6. The highest BCUT2D eigenvalue weighted by molar-refractivity contribution is 5.99. The van der Waals surface area contributed by atoms with E-state index in [9.17, 15) is 4.79 Å². The summed E-state index contributed by atoms with van der Waals surface area (Å²) in [4.78, 5) is 11.0. The maximum absolute atomic E-state index is 11.0. The van der Waals surface area contributed by atoms with E-state index in [1.165, 1.54) is 7.11 Å². The number of hydrogen-bond donors (Lipinski definition) is 0. The number of para-hydroxylation sites is 1. The van der Waals surface area contributed by atoms with Crippen LogP contribution >= 0.6 is 0 Å². The van der Waals surface area contributed by atoms with Crippen LogP contribution in [0.3, 0.4) is 0 Å². The molecule has 0 aliphatic carbocycles. The third kappa shape index (κ3) is 1.48. The molecule has 0 aliphatic heterocycles. The van der Waals surface area contributed by atoms with Crippen LogP contribution in [0.4, 0.5) is 0 Å². The van der Waals surface area contributed by atoms with Crippen molar-refractivity contribution in [2.24, 2.45) is 0 Å². The van der Waals surface area contributed by atoms with Crippen molar-refractivity contribution in [3.05, 3.63) is 29.3 Å².